The van der Waals surface area contributed by atoms with Crippen molar-refractivity contribution < 1.29 is 17.2 Å². The number of hydrogen-bond donors (Lipinski definition) is 2. The van der Waals surface area contributed by atoms with Gasteiger partial charge in [0.05, 0.1) is 11.7 Å². The van der Waals surface area contributed by atoms with Gasteiger partial charge in [-0.1, -0.05) is 0 Å². The first-order chi connectivity index (χ1) is 18.1. The van der Waals surface area contributed by atoms with Crippen molar-refractivity contribution in [2.45, 2.75) is 38.1 Å². The Labute approximate surface area is 220 Å². The third-order valence-corrected chi connectivity index (χ3v) is 8.43. The third-order valence-electron chi connectivity index (χ3n) is 6.55. The van der Waals surface area contributed by atoms with Crippen LogP contribution in [-0.4, -0.2) is 58.4 Å². The molecule has 0 saturated carbocycles. The standard InChI is InChI=1S/C26H29F2N7O2S/c1-16(2)35-17(3)11-20-21(27)12-18(13-23(20)35)25-22(28)15-31-26(33-25)32-24-6-5-19(14-30-24)38(36,37)34-9-4-7-29-8-10-34/h5-6,11-16,29H,4,7-10H2,1-3H3,(H,30,31,32,33). The molecule has 3 aromatic heterocycles. The third kappa shape index (κ3) is 4.98. The van der Waals surface area contributed by atoms with Crippen molar-refractivity contribution >= 4 is 32.7 Å². The summed E-state index contributed by atoms with van der Waals surface area (Å²) in [4.78, 5) is 12.5. The maximum absolute atomic E-state index is 15.0. The number of hydrogen-bond acceptors (Lipinski definition) is 7. The van der Waals surface area contributed by atoms with Crippen molar-refractivity contribution in [3.8, 4) is 11.3 Å². The van der Waals surface area contributed by atoms with Crippen LogP contribution in [0.1, 0.15) is 32.0 Å². The molecular formula is C26H29F2N7O2S. The summed E-state index contributed by atoms with van der Waals surface area (Å²) in [5.41, 5.74) is 1.77. The Balaban J connectivity index is 1.42. The maximum Gasteiger partial charge on any atom is 0.244 e. The van der Waals surface area contributed by atoms with Gasteiger partial charge in [-0.2, -0.15) is 4.31 Å². The second-order valence-corrected chi connectivity index (χ2v) is 11.5. The Kier molecular flexibility index (Phi) is 7.12. The molecule has 1 aliphatic heterocycles. The molecule has 200 valence electrons. The zero-order chi connectivity index (χ0) is 27.0. The highest BCUT2D eigenvalue weighted by Gasteiger charge is 2.25. The summed E-state index contributed by atoms with van der Waals surface area (Å²) < 4.78 is 59.2. The molecule has 0 unspecified atom stereocenters. The van der Waals surface area contributed by atoms with Crippen molar-refractivity contribution in [1.29, 1.82) is 0 Å². The highest BCUT2D eigenvalue weighted by atomic mass is 32.2. The minimum Gasteiger partial charge on any atom is -0.342 e. The SMILES string of the molecule is Cc1cc2c(F)cc(-c3nc(Nc4ccc(S(=O)(=O)N5CCCNCC5)cn4)ncc3F)cc2n1C(C)C. The Morgan fingerprint density at radius 2 is 1.84 bits per heavy atom. The molecule has 4 heterocycles. The summed E-state index contributed by atoms with van der Waals surface area (Å²) >= 11 is 0. The number of aromatic nitrogens is 4. The molecule has 0 aliphatic carbocycles. The lowest BCUT2D eigenvalue weighted by Crippen LogP contribution is -2.34. The number of anilines is 2. The fourth-order valence-corrected chi connectivity index (χ4v) is 6.22. The molecule has 0 radical (unpaired) electrons. The molecule has 1 aliphatic rings. The van der Waals surface area contributed by atoms with E-state index in [0.29, 0.717) is 30.5 Å². The van der Waals surface area contributed by atoms with Crippen LogP contribution in [0.2, 0.25) is 0 Å². The number of fused-ring (bicyclic) bond motifs is 1. The fraction of sp³-hybridized carbons (Fsp3) is 0.346. The summed E-state index contributed by atoms with van der Waals surface area (Å²) in [5.74, 6) is -0.842. The van der Waals surface area contributed by atoms with Gasteiger partial charge in [0, 0.05) is 48.5 Å². The monoisotopic (exact) mass is 541 g/mol. The molecule has 0 bridgehead atoms. The van der Waals surface area contributed by atoms with Crippen molar-refractivity contribution in [3.63, 3.8) is 0 Å². The molecule has 9 nitrogen and oxygen atoms in total. The second kappa shape index (κ2) is 10.4. The Hall–Kier alpha value is -3.48. The average molecular weight is 542 g/mol. The lowest BCUT2D eigenvalue weighted by molar-refractivity contribution is 0.432. The highest BCUT2D eigenvalue weighted by molar-refractivity contribution is 7.89. The fourth-order valence-electron chi connectivity index (χ4n) is 4.80. The van der Waals surface area contributed by atoms with E-state index in [1.54, 1.807) is 12.1 Å². The number of nitrogens with zero attached hydrogens (tertiary/aromatic N) is 5. The number of sulfonamides is 1. The molecule has 0 amide bonds. The molecule has 12 heteroatoms. The number of halogens is 2. The topological polar surface area (TPSA) is 105 Å². The predicted octanol–water partition coefficient (Wildman–Crippen LogP) is 4.39. The van der Waals surface area contributed by atoms with Crippen LogP contribution in [-0.2, 0) is 10.0 Å². The van der Waals surface area contributed by atoms with Crippen LogP contribution in [0.25, 0.3) is 22.2 Å². The van der Waals surface area contributed by atoms with E-state index in [1.165, 1.54) is 28.7 Å². The van der Waals surface area contributed by atoms with Gasteiger partial charge in [0.15, 0.2) is 5.82 Å². The lowest BCUT2D eigenvalue weighted by Gasteiger charge is -2.19. The van der Waals surface area contributed by atoms with Crippen LogP contribution in [0, 0.1) is 18.6 Å². The molecule has 0 atom stereocenters. The van der Waals surface area contributed by atoms with Gasteiger partial charge in [-0.25, -0.2) is 32.2 Å². The predicted molar refractivity (Wildman–Crippen MR) is 142 cm³/mol. The van der Waals surface area contributed by atoms with E-state index in [1.807, 2.05) is 25.3 Å². The molecule has 2 N–H and O–H groups in total. The number of pyridine rings is 1. The molecule has 0 spiro atoms. The first-order valence-corrected chi connectivity index (χ1v) is 13.9. The quantitative estimate of drug-likeness (QED) is 0.373. The molecular weight excluding hydrogens is 512 g/mol. The molecule has 1 fully saturated rings. The second-order valence-electron chi connectivity index (χ2n) is 9.54. The minimum atomic E-state index is -3.67. The highest BCUT2D eigenvalue weighted by Crippen LogP contribution is 2.32. The smallest absolute Gasteiger partial charge is 0.244 e. The lowest BCUT2D eigenvalue weighted by atomic mass is 10.1. The van der Waals surface area contributed by atoms with E-state index < -0.39 is 21.7 Å². The van der Waals surface area contributed by atoms with Crippen LogP contribution in [0.4, 0.5) is 20.5 Å². The Bertz CT molecular complexity index is 1580. The van der Waals surface area contributed by atoms with Crippen LogP contribution in [0.15, 0.2) is 47.6 Å². The van der Waals surface area contributed by atoms with E-state index in [9.17, 15) is 17.2 Å². The zero-order valence-corrected chi connectivity index (χ0v) is 22.2. The minimum absolute atomic E-state index is 0.0408. The van der Waals surface area contributed by atoms with Gasteiger partial charge in [0.2, 0.25) is 16.0 Å². The molecule has 1 saturated heterocycles. The van der Waals surface area contributed by atoms with Gasteiger partial charge in [0.1, 0.15) is 22.2 Å². The molecule has 4 aromatic rings. The van der Waals surface area contributed by atoms with Crippen LogP contribution in [0.3, 0.4) is 0 Å². The van der Waals surface area contributed by atoms with Gasteiger partial charge in [-0.05, 0) is 64.1 Å². The Morgan fingerprint density at radius 3 is 2.58 bits per heavy atom. The number of aryl methyl sites for hydroxylation is 1. The summed E-state index contributed by atoms with van der Waals surface area (Å²) in [6.45, 7) is 8.10. The normalized spacial score (nSPS) is 15.2. The van der Waals surface area contributed by atoms with Crippen LogP contribution < -0.4 is 10.6 Å². The average Bonchev–Trinajstić information content (AvgIpc) is 3.04. The van der Waals surface area contributed by atoms with E-state index >= 15 is 0 Å². The largest absolute Gasteiger partial charge is 0.342 e. The first-order valence-electron chi connectivity index (χ1n) is 12.4. The van der Waals surface area contributed by atoms with Gasteiger partial charge >= 0.3 is 0 Å². The number of rotatable bonds is 6. The number of nitrogens with one attached hydrogen (secondary N) is 2. The number of benzene rings is 1. The van der Waals surface area contributed by atoms with Gasteiger partial charge < -0.3 is 15.2 Å². The zero-order valence-electron chi connectivity index (χ0n) is 21.4. The summed E-state index contributed by atoms with van der Waals surface area (Å²) in [5, 5.41) is 6.52. The van der Waals surface area contributed by atoms with E-state index in [2.05, 4.69) is 25.6 Å². The van der Waals surface area contributed by atoms with Crippen molar-refractivity contribution in [1.82, 2.24) is 29.1 Å². The van der Waals surface area contributed by atoms with Crippen LogP contribution in [0.5, 0.6) is 0 Å². The van der Waals surface area contributed by atoms with Crippen molar-refractivity contribution in [3.05, 3.63) is 60.1 Å². The van der Waals surface area contributed by atoms with Crippen molar-refractivity contribution in [2.24, 2.45) is 0 Å². The molecule has 1 aromatic carbocycles. The van der Waals surface area contributed by atoms with E-state index in [-0.39, 0.29) is 34.0 Å². The van der Waals surface area contributed by atoms with Crippen molar-refractivity contribution in [2.75, 3.05) is 31.5 Å². The summed E-state index contributed by atoms with van der Waals surface area (Å²) in [6.07, 6.45) is 3.01. The maximum atomic E-state index is 15.0. The van der Waals surface area contributed by atoms with Crippen LogP contribution >= 0.6 is 0 Å². The van der Waals surface area contributed by atoms with Gasteiger partial charge in [-0.3, -0.25) is 0 Å². The first kappa shape index (κ1) is 26.1. The molecule has 38 heavy (non-hydrogen) atoms. The summed E-state index contributed by atoms with van der Waals surface area (Å²) in [6, 6.07) is 7.80. The van der Waals surface area contributed by atoms with E-state index in [4.69, 9.17) is 0 Å². The van der Waals surface area contributed by atoms with Gasteiger partial charge in [0.25, 0.3) is 0 Å². The van der Waals surface area contributed by atoms with Gasteiger partial charge in [-0.15, -0.1) is 0 Å². The summed E-state index contributed by atoms with van der Waals surface area (Å²) in [7, 11) is -3.67. The Morgan fingerprint density at radius 1 is 1.03 bits per heavy atom. The van der Waals surface area contributed by atoms with E-state index in [0.717, 1.165) is 24.9 Å². The molecule has 5 rings (SSSR count).